The van der Waals surface area contributed by atoms with E-state index in [0.717, 1.165) is 5.56 Å². The van der Waals surface area contributed by atoms with Crippen molar-refractivity contribution in [2.24, 2.45) is 0 Å². The van der Waals surface area contributed by atoms with Gasteiger partial charge in [0.15, 0.2) is 5.58 Å². The molecule has 0 aliphatic heterocycles. The first-order valence-corrected chi connectivity index (χ1v) is 6.06. The Bertz CT molecular complexity index is 629. The molecule has 6 heteroatoms. The molecule has 0 spiro atoms. The molecule has 0 saturated heterocycles. The van der Waals surface area contributed by atoms with Crippen LogP contribution in [0.25, 0.3) is 11.1 Å². The van der Waals surface area contributed by atoms with Crippen LogP contribution in [0.4, 0.5) is 0 Å². The second-order valence-corrected chi connectivity index (χ2v) is 4.42. The molecule has 0 aliphatic rings. The van der Waals surface area contributed by atoms with Gasteiger partial charge in [0.25, 0.3) is 0 Å². The molecule has 2 N–H and O–H groups in total. The van der Waals surface area contributed by atoms with Crippen LogP contribution < -0.4 is 5.76 Å². The van der Waals surface area contributed by atoms with Gasteiger partial charge in [0.2, 0.25) is 5.91 Å². The fraction of sp³-hybridized carbons (Fsp3) is 0.385. The zero-order valence-corrected chi connectivity index (χ0v) is 10.7. The maximum Gasteiger partial charge on any atom is 0.417 e. The van der Waals surface area contributed by atoms with E-state index in [1.807, 2.05) is 6.07 Å². The number of oxazole rings is 1. The van der Waals surface area contributed by atoms with Crippen LogP contribution in [0.1, 0.15) is 18.4 Å². The summed E-state index contributed by atoms with van der Waals surface area (Å²) in [5.41, 5.74) is 2.03. The van der Waals surface area contributed by atoms with Gasteiger partial charge >= 0.3 is 5.76 Å². The number of benzene rings is 1. The third-order valence-electron chi connectivity index (χ3n) is 2.88. The lowest BCUT2D eigenvalue weighted by molar-refractivity contribution is -0.130. The van der Waals surface area contributed by atoms with Crippen LogP contribution >= 0.6 is 0 Å². The van der Waals surface area contributed by atoms with Crippen molar-refractivity contribution >= 4 is 17.0 Å². The number of nitrogens with one attached hydrogen (secondary N) is 1. The third-order valence-corrected chi connectivity index (χ3v) is 2.88. The zero-order valence-electron chi connectivity index (χ0n) is 10.7. The molecule has 0 saturated carbocycles. The quantitative estimate of drug-likeness (QED) is 0.838. The van der Waals surface area contributed by atoms with Gasteiger partial charge < -0.3 is 14.4 Å². The maximum atomic E-state index is 11.7. The number of H-pyrrole nitrogens is 1. The number of aromatic amines is 1. The molecule has 2 rings (SSSR count). The van der Waals surface area contributed by atoms with Crippen LogP contribution in [0, 0.1) is 0 Å². The monoisotopic (exact) mass is 264 g/mol. The summed E-state index contributed by atoms with van der Waals surface area (Å²) >= 11 is 0. The summed E-state index contributed by atoms with van der Waals surface area (Å²) in [6.07, 6.45) is 0.801. The standard InChI is InChI=1S/C13H16N2O4/c1-15(12(17)3-2-6-16)8-9-4-5-11-10(7-9)14-13(18)19-11/h4-5,7,16H,2-3,6,8H2,1H3,(H,14,18). The number of aromatic nitrogens is 1. The van der Waals surface area contributed by atoms with Crippen molar-refractivity contribution in [3.8, 4) is 0 Å². The van der Waals surface area contributed by atoms with Crippen molar-refractivity contribution in [3.63, 3.8) is 0 Å². The molecule has 2 aromatic rings. The van der Waals surface area contributed by atoms with Gasteiger partial charge in [0, 0.05) is 26.6 Å². The summed E-state index contributed by atoms with van der Waals surface area (Å²) in [4.78, 5) is 26.9. The first kappa shape index (κ1) is 13.4. The maximum absolute atomic E-state index is 11.7. The van der Waals surface area contributed by atoms with E-state index in [2.05, 4.69) is 4.98 Å². The third kappa shape index (κ3) is 3.23. The average molecular weight is 264 g/mol. The number of amides is 1. The Kier molecular flexibility index (Phi) is 4.01. The normalized spacial score (nSPS) is 10.8. The van der Waals surface area contributed by atoms with Crippen LogP contribution in [0.15, 0.2) is 27.4 Å². The summed E-state index contributed by atoms with van der Waals surface area (Å²) in [6, 6.07) is 5.31. The minimum absolute atomic E-state index is 0.0157. The number of fused-ring (bicyclic) bond motifs is 1. The Morgan fingerprint density at radius 3 is 3.00 bits per heavy atom. The first-order valence-electron chi connectivity index (χ1n) is 6.06. The lowest BCUT2D eigenvalue weighted by atomic mass is 10.2. The lowest BCUT2D eigenvalue weighted by Crippen LogP contribution is -2.26. The van der Waals surface area contributed by atoms with E-state index < -0.39 is 5.76 Å². The van der Waals surface area contributed by atoms with E-state index in [1.54, 1.807) is 24.1 Å². The summed E-state index contributed by atoms with van der Waals surface area (Å²) < 4.78 is 4.91. The van der Waals surface area contributed by atoms with Gasteiger partial charge in [-0.05, 0) is 24.1 Å². The second kappa shape index (κ2) is 5.71. The van der Waals surface area contributed by atoms with Gasteiger partial charge in [-0.25, -0.2) is 4.79 Å². The Morgan fingerprint density at radius 2 is 2.26 bits per heavy atom. The number of carbonyl (C=O) groups excluding carboxylic acids is 1. The zero-order chi connectivity index (χ0) is 13.8. The highest BCUT2D eigenvalue weighted by Gasteiger charge is 2.10. The molecule has 0 aliphatic carbocycles. The van der Waals surface area contributed by atoms with Crippen LogP contribution in [-0.2, 0) is 11.3 Å². The second-order valence-electron chi connectivity index (χ2n) is 4.42. The molecule has 1 heterocycles. The molecule has 19 heavy (non-hydrogen) atoms. The van der Waals surface area contributed by atoms with Crippen LogP contribution in [-0.4, -0.2) is 34.6 Å². The minimum atomic E-state index is -0.487. The SMILES string of the molecule is CN(Cc1ccc2oc(=O)[nH]c2c1)C(=O)CCCO. The number of aliphatic hydroxyl groups excluding tert-OH is 1. The van der Waals surface area contributed by atoms with Crippen molar-refractivity contribution in [2.75, 3.05) is 13.7 Å². The molecule has 0 radical (unpaired) electrons. The van der Waals surface area contributed by atoms with Gasteiger partial charge in [-0.15, -0.1) is 0 Å². The Morgan fingerprint density at radius 1 is 1.47 bits per heavy atom. The van der Waals surface area contributed by atoms with Crippen LogP contribution in [0.5, 0.6) is 0 Å². The van der Waals surface area contributed by atoms with Gasteiger partial charge in [0.05, 0.1) is 5.52 Å². The van der Waals surface area contributed by atoms with Crippen molar-refractivity contribution in [1.82, 2.24) is 9.88 Å². The molecular weight excluding hydrogens is 248 g/mol. The number of hydrogen-bond acceptors (Lipinski definition) is 4. The van der Waals surface area contributed by atoms with Crippen molar-refractivity contribution in [1.29, 1.82) is 0 Å². The molecule has 102 valence electrons. The Labute approximate surface area is 109 Å². The number of rotatable bonds is 5. The van der Waals surface area contributed by atoms with E-state index in [-0.39, 0.29) is 12.5 Å². The number of aliphatic hydroxyl groups is 1. The van der Waals surface area contributed by atoms with Gasteiger partial charge in [-0.3, -0.25) is 9.78 Å². The summed E-state index contributed by atoms with van der Waals surface area (Å²) in [7, 11) is 1.71. The molecule has 1 aromatic heterocycles. The highest BCUT2D eigenvalue weighted by molar-refractivity contribution is 5.76. The van der Waals surface area contributed by atoms with E-state index in [0.29, 0.717) is 30.5 Å². The lowest BCUT2D eigenvalue weighted by Gasteiger charge is -2.17. The van der Waals surface area contributed by atoms with Gasteiger partial charge in [-0.2, -0.15) is 0 Å². The molecule has 0 bridgehead atoms. The van der Waals surface area contributed by atoms with E-state index in [9.17, 15) is 9.59 Å². The predicted molar refractivity (Wildman–Crippen MR) is 69.6 cm³/mol. The van der Waals surface area contributed by atoms with Crippen LogP contribution in [0.2, 0.25) is 0 Å². The topological polar surface area (TPSA) is 86.5 Å². The summed E-state index contributed by atoms with van der Waals surface area (Å²) in [5.74, 6) is -0.505. The molecule has 1 amide bonds. The number of carbonyl (C=O) groups is 1. The van der Waals surface area contributed by atoms with Crippen molar-refractivity contribution in [2.45, 2.75) is 19.4 Å². The van der Waals surface area contributed by atoms with Gasteiger partial charge in [0.1, 0.15) is 0 Å². The average Bonchev–Trinajstić information content (AvgIpc) is 2.75. The Hall–Kier alpha value is -2.08. The smallest absolute Gasteiger partial charge is 0.408 e. The molecule has 0 fully saturated rings. The molecule has 0 unspecified atom stereocenters. The minimum Gasteiger partial charge on any atom is -0.408 e. The fourth-order valence-corrected chi connectivity index (χ4v) is 1.88. The molecule has 1 aromatic carbocycles. The van der Waals surface area contributed by atoms with Gasteiger partial charge in [-0.1, -0.05) is 6.07 Å². The van der Waals surface area contributed by atoms with Crippen molar-refractivity contribution in [3.05, 3.63) is 34.3 Å². The van der Waals surface area contributed by atoms with E-state index >= 15 is 0 Å². The predicted octanol–water partition coefficient (Wildman–Crippen LogP) is 0.852. The molecule has 6 nitrogen and oxygen atoms in total. The van der Waals surface area contributed by atoms with E-state index in [1.165, 1.54) is 0 Å². The first-order chi connectivity index (χ1) is 9.10. The van der Waals surface area contributed by atoms with E-state index in [4.69, 9.17) is 9.52 Å². The summed E-state index contributed by atoms with van der Waals surface area (Å²) in [5, 5.41) is 8.69. The highest BCUT2D eigenvalue weighted by Crippen LogP contribution is 2.14. The number of hydrogen-bond donors (Lipinski definition) is 2. The van der Waals surface area contributed by atoms with Crippen LogP contribution in [0.3, 0.4) is 0 Å². The highest BCUT2D eigenvalue weighted by atomic mass is 16.4. The largest absolute Gasteiger partial charge is 0.417 e. The fourth-order valence-electron chi connectivity index (χ4n) is 1.88. The summed E-state index contributed by atoms with van der Waals surface area (Å²) in [6.45, 7) is 0.467. The van der Waals surface area contributed by atoms with Crippen molar-refractivity contribution < 1.29 is 14.3 Å². The number of nitrogens with zero attached hydrogens (tertiary/aromatic N) is 1. The Balaban J connectivity index is 2.08. The molecule has 0 atom stereocenters. The molecular formula is C13H16N2O4.